The number of anilines is 1. The van der Waals surface area contributed by atoms with Gasteiger partial charge < -0.3 is 10.3 Å². The largest absolute Gasteiger partial charge is 0.361 e. The highest BCUT2D eigenvalue weighted by Gasteiger charge is 2.21. The number of fused-ring (bicyclic) bond motifs is 2. The van der Waals surface area contributed by atoms with Crippen LogP contribution < -0.4 is 10.9 Å². The van der Waals surface area contributed by atoms with Crippen LogP contribution in [0.5, 0.6) is 0 Å². The van der Waals surface area contributed by atoms with Gasteiger partial charge in [-0.2, -0.15) is 0 Å². The molecule has 2 aromatic heterocycles. The van der Waals surface area contributed by atoms with E-state index in [0.717, 1.165) is 37.6 Å². The Labute approximate surface area is 180 Å². The lowest BCUT2D eigenvalue weighted by atomic mass is 9.88. The van der Waals surface area contributed by atoms with Crippen LogP contribution in [0.2, 0.25) is 0 Å². The number of hydrogen-bond acceptors (Lipinski definition) is 3. The van der Waals surface area contributed by atoms with Crippen LogP contribution >= 0.6 is 0 Å². The number of para-hydroxylation sites is 1. The van der Waals surface area contributed by atoms with Crippen LogP contribution in [0.3, 0.4) is 0 Å². The van der Waals surface area contributed by atoms with Crippen LogP contribution in [0.4, 0.5) is 5.69 Å². The Bertz CT molecular complexity index is 1300. The van der Waals surface area contributed by atoms with Gasteiger partial charge in [-0.15, -0.1) is 0 Å². The highest BCUT2D eigenvalue weighted by molar-refractivity contribution is 5.94. The number of H-pyrrole nitrogens is 1. The molecular weight excluding hydrogens is 388 g/mol. The van der Waals surface area contributed by atoms with Gasteiger partial charge in [0.1, 0.15) is 0 Å². The molecule has 4 aromatic rings. The van der Waals surface area contributed by atoms with Crippen molar-refractivity contribution in [1.29, 1.82) is 0 Å². The molecule has 1 saturated carbocycles. The molecule has 5 rings (SSSR count). The monoisotopic (exact) mass is 414 g/mol. The van der Waals surface area contributed by atoms with Gasteiger partial charge in [-0.3, -0.25) is 14.2 Å². The summed E-state index contributed by atoms with van der Waals surface area (Å²) in [6, 6.07) is 13.5. The maximum absolute atomic E-state index is 13.1. The fourth-order valence-corrected chi connectivity index (χ4v) is 4.58. The van der Waals surface area contributed by atoms with Crippen molar-refractivity contribution in [3.05, 3.63) is 70.9 Å². The molecule has 0 radical (unpaired) electrons. The Balaban J connectivity index is 1.36. The molecule has 2 N–H and O–H groups in total. The number of rotatable bonds is 5. The van der Waals surface area contributed by atoms with E-state index in [2.05, 4.69) is 21.4 Å². The van der Waals surface area contributed by atoms with Crippen molar-refractivity contribution in [2.75, 3.05) is 5.32 Å². The first-order chi connectivity index (χ1) is 15.2. The minimum atomic E-state index is -0.0846. The summed E-state index contributed by atoms with van der Waals surface area (Å²) < 4.78 is 1.65. The summed E-state index contributed by atoms with van der Waals surface area (Å²) in [6.07, 6.45) is 9.67. The molecule has 1 amide bonds. The first-order valence-corrected chi connectivity index (χ1v) is 11.0. The van der Waals surface area contributed by atoms with Crippen LogP contribution in [0.1, 0.15) is 37.7 Å². The molecule has 1 aliphatic rings. The molecular formula is C25H26N4O2. The van der Waals surface area contributed by atoms with Crippen LogP contribution in [0.15, 0.2) is 59.8 Å². The van der Waals surface area contributed by atoms with Crippen molar-refractivity contribution in [1.82, 2.24) is 14.5 Å². The second-order valence-corrected chi connectivity index (χ2v) is 8.41. The maximum atomic E-state index is 13.1. The number of aromatic nitrogens is 3. The number of carbonyl (C=O) groups excluding carboxylic acids is 1. The Morgan fingerprint density at radius 1 is 1.10 bits per heavy atom. The smallest absolute Gasteiger partial charge is 0.261 e. The summed E-state index contributed by atoms with van der Waals surface area (Å²) in [7, 11) is 0. The molecule has 6 heteroatoms. The fraction of sp³-hybridized carbons (Fsp3) is 0.320. The number of nitrogens with zero attached hydrogens (tertiary/aromatic N) is 2. The second-order valence-electron chi connectivity index (χ2n) is 8.41. The van der Waals surface area contributed by atoms with Crippen LogP contribution in [-0.4, -0.2) is 20.4 Å². The van der Waals surface area contributed by atoms with Gasteiger partial charge in [0.05, 0.1) is 17.2 Å². The second kappa shape index (κ2) is 8.38. The highest BCUT2D eigenvalue weighted by Crippen LogP contribution is 2.25. The fourth-order valence-electron chi connectivity index (χ4n) is 4.58. The van der Waals surface area contributed by atoms with E-state index >= 15 is 0 Å². The van der Waals surface area contributed by atoms with E-state index in [4.69, 9.17) is 0 Å². The summed E-state index contributed by atoms with van der Waals surface area (Å²) in [5.74, 6) is 0.133. The van der Waals surface area contributed by atoms with Crippen molar-refractivity contribution >= 4 is 33.4 Å². The molecule has 0 saturated heterocycles. The lowest BCUT2D eigenvalue weighted by Crippen LogP contribution is -2.25. The zero-order valence-electron chi connectivity index (χ0n) is 17.4. The Kier molecular flexibility index (Phi) is 5.28. The van der Waals surface area contributed by atoms with Crippen LogP contribution in [-0.2, 0) is 17.8 Å². The topological polar surface area (TPSA) is 79.8 Å². The van der Waals surface area contributed by atoms with Gasteiger partial charge in [-0.1, -0.05) is 37.5 Å². The SMILES string of the molecule is O=C(Nc1ccc2ncn(CCc3c[nH]c4ccccc34)c(=O)c2c1)C1CCCCC1. The lowest BCUT2D eigenvalue weighted by Gasteiger charge is -2.20. The molecule has 0 unspecified atom stereocenters. The van der Waals surface area contributed by atoms with Crippen molar-refractivity contribution in [3.8, 4) is 0 Å². The standard InChI is InChI=1S/C25H26N4O2/c30-24(17-6-2-1-3-7-17)28-19-10-11-23-21(14-19)25(31)29(16-27-23)13-12-18-15-26-22-9-5-4-8-20(18)22/h4-5,8-11,14-17,26H,1-3,6-7,12-13H2,(H,28,30). The van der Waals surface area contributed by atoms with E-state index < -0.39 is 0 Å². The van der Waals surface area contributed by atoms with Gasteiger partial charge in [0, 0.05) is 35.2 Å². The summed E-state index contributed by atoms with van der Waals surface area (Å²) in [5, 5.41) is 4.71. The van der Waals surface area contributed by atoms with Gasteiger partial charge in [-0.05, 0) is 49.1 Å². The molecule has 1 fully saturated rings. The summed E-state index contributed by atoms with van der Waals surface area (Å²) in [5.41, 5.74) is 3.50. The van der Waals surface area contributed by atoms with Crippen molar-refractivity contribution in [3.63, 3.8) is 0 Å². The molecule has 6 nitrogen and oxygen atoms in total. The summed E-state index contributed by atoms with van der Waals surface area (Å²) in [6.45, 7) is 0.544. The first kappa shape index (κ1) is 19.5. The van der Waals surface area contributed by atoms with Crippen LogP contribution in [0.25, 0.3) is 21.8 Å². The molecule has 0 spiro atoms. The molecule has 31 heavy (non-hydrogen) atoms. The molecule has 158 valence electrons. The molecule has 0 aliphatic heterocycles. The van der Waals surface area contributed by atoms with E-state index in [9.17, 15) is 9.59 Å². The van der Waals surface area contributed by atoms with Crippen LogP contribution in [0, 0.1) is 5.92 Å². The number of nitrogens with one attached hydrogen (secondary N) is 2. The van der Waals surface area contributed by atoms with Gasteiger partial charge >= 0.3 is 0 Å². The third-order valence-corrected chi connectivity index (χ3v) is 6.36. The lowest BCUT2D eigenvalue weighted by molar-refractivity contribution is -0.120. The first-order valence-electron chi connectivity index (χ1n) is 11.0. The predicted octanol–water partition coefficient (Wildman–Crippen LogP) is 4.64. The van der Waals surface area contributed by atoms with Crippen molar-refractivity contribution in [2.24, 2.45) is 5.92 Å². The minimum Gasteiger partial charge on any atom is -0.361 e. The third-order valence-electron chi connectivity index (χ3n) is 6.36. The molecule has 0 atom stereocenters. The van der Waals surface area contributed by atoms with Gasteiger partial charge in [0.25, 0.3) is 5.56 Å². The maximum Gasteiger partial charge on any atom is 0.261 e. The van der Waals surface area contributed by atoms with Crippen molar-refractivity contribution < 1.29 is 4.79 Å². The number of hydrogen-bond donors (Lipinski definition) is 2. The van der Waals surface area contributed by atoms with E-state index in [1.165, 1.54) is 17.4 Å². The zero-order chi connectivity index (χ0) is 21.2. The summed E-state index contributed by atoms with van der Waals surface area (Å²) >= 11 is 0. The zero-order valence-corrected chi connectivity index (χ0v) is 17.4. The Hall–Kier alpha value is -3.41. The average molecular weight is 415 g/mol. The summed E-state index contributed by atoms with van der Waals surface area (Å²) in [4.78, 5) is 33.4. The molecule has 0 bridgehead atoms. The van der Waals surface area contributed by atoms with Gasteiger partial charge in [0.15, 0.2) is 0 Å². The molecule has 2 heterocycles. The number of amides is 1. The normalized spacial score (nSPS) is 14.8. The number of aryl methyl sites for hydroxylation is 2. The number of benzene rings is 2. The van der Waals surface area contributed by atoms with E-state index in [-0.39, 0.29) is 17.4 Å². The Morgan fingerprint density at radius 3 is 2.81 bits per heavy atom. The van der Waals surface area contributed by atoms with Gasteiger partial charge in [0.2, 0.25) is 5.91 Å². The molecule has 1 aliphatic carbocycles. The van der Waals surface area contributed by atoms with Crippen molar-refractivity contribution in [2.45, 2.75) is 45.1 Å². The van der Waals surface area contributed by atoms with E-state index in [1.807, 2.05) is 30.5 Å². The highest BCUT2D eigenvalue weighted by atomic mass is 16.2. The minimum absolute atomic E-state index is 0.0580. The number of carbonyl (C=O) groups is 1. The van der Waals surface area contributed by atoms with E-state index in [1.54, 1.807) is 23.0 Å². The third kappa shape index (κ3) is 3.98. The van der Waals surface area contributed by atoms with E-state index in [0.29, 0.717) is 23.1 Å². The quantitative estimate of drug-likeness (QED) is 0.499. The average Bonchev–Trinajstić information content (AvgIpc) is 3.23. The van der Waals surface area contributed by atoms with Gasteiger partial charge in [-0.25, -0.2) is 4.98 Å². The Morgan fingerprint density at radius 2 is 1.94 bits per heavy atom. The molecule has 2 aromatic carbocycles. The predicted molar refractivity (Wildman–Crippen MR) is 123 cm³/mol. The number of aromatic amines is 1.